The second-order valence-electron chi connectivity index (χ2n) is 5.07. The van der Waals surface area contributed by atoms with Crippen molar-refractivity contribution in [3.8, 4) is 0 Å². The van der Waals surface area contributed by atoms with Gasteiger partial charge in [-0.2, -0.15) is 5.10 Å². The average Bonchev–Trinajstić information content (AvgIpc) is 2.56. The Bertz CT molecular complexity index is 575. The van der Waals surface area contributed by atoms with Crippen LogP contribution in [-0.4, -0.2) is 15.8 Å². The van der Waals surface area contributed by atoms with E-state index >= 15 is 0 Å². The van der Waals surface area contributed by atoms with Crippen LogP contribution in [0.4, 0.5) is 4.39 Å². The molecule has 1 atom stereocenters. The first-order chi connectivity index (χ1) is 8.97. The number of aryl methyl sites for hydroxylation is 2. The van der Waals surface area contributed by atoms with Crippen LogP contribution in [-0.2, 0) is 19.9 Å². The monoisotopic (exact) mass is 261 g/mol. The second kappa shape index (κ2) is 5.53. The van der Waals surface area contributed by atoms with Gasteiger partial charge in [-0.3, -0.25) is 4.68 Å². The first kappa shape index (κ1) is 13.7. The molecule has 0 aliphatic rings. The van der Waals surface area contributed by atoms with Crippen LogP contribution < -0.4 is 5.73 Å². The number of rotatable bonds is 4. The Morgan fingerprint density at radius 1 is 1.32 bits per heavy atom. The molecule has 1 unspecified atom stereocenters. The smallest absolute Gasteiger partial charge is 0.123 e. The van der Waals surface area contributed by atoms with Crippen molar-refractivity contribution in [3.63, 3.8) is 0 Å². The maximum Gasteiger partial charge on any atom is 0.123 e. The lowest BCUT2D eigenvalue weighted by atomic mass is 9.98. The molecule has 1 heterocycles. The first-order valence-electron chi connectivity index (χ1n) is 6.46. The fourth-order valence-corrected chi connectivity index (χ4v) is 2.41. The molecule has 0 amide bonds. The molecule has 4 heteroatoms. The summed E-state index contributed by atoms with van der Waals surface area (Å²) < 4.78 is 15.0. The van der Waals surface area contributed by atoms with Crippen LogP contribution in [0.25, 0.3) is 0 Å². The Morgan fingerprint density at radius 3 is 2.63 bits per heavy atom. The number of hydrogen-bond acceptors (Lipinski definition) is 2. The third-order valence-corrected chi connectivity index (χ3v) is 3.51. The van der Waals surface area contributed by atoms with E-state index in [1.807, 2.05) is 31.6 Å². The topological polar surface area (TPSA) is 43.8 Å². The number of benzene rings is 1. The minimum Gasteiger partial charge on any atom is -0.327 e. The van der Waals surface area contributed by atoms with Gasteiger partial charge in [0.15, 0.2) is 0 Å². The molecule has 0 aliphatic carbocycles. The van der Waals surface area contributed by atoms with Gasteiger partial charge in [0.25, 0.3) is 0 Å². The van der Waals surface area contributed by atoms with Gasteiger partial charge in [0.1, 0.15) is 5.82 Å². The van der Waals surface area contributed by atoms with Gasteiger partial charge >= 0.3 is 0 Å². The summed E-state index contributed by atoms with van der Waals surface area (Å²) in [6.45, 7) is 4.04. The van der Waals surface area contributed by atoms with Crippen molar-refractivity contribution in [2.45, 2.75) is 32.7 Å². The van der Waals surface area contributed by atoms with E-state index in [-0.39, 0.29) is 11.9 Å². The van der Waals surface area contributed by atoms with Crippen LogP contribution in [0.15, 0.2) is 24.3 Å². The molecule has 19 heavy (non-hydrogen) atoms. The summed E-state index contributed by atoms with van der Waals surface area (Å²) in [5.74, 6) is -0.210. The van der Waals surface area contributed by atoms with Crippen molar-refractivity contribution in [2.24, 2.45) is 12.8 Å². The summed E-state index contributed by atoms with van der Waals surface area (Å²) in [5.41, 5.74) is 10.5. The highest BCUT2D eigenvalue weighted by Crippen LogP contribution is 2.15. The Morgan fingerprint density at radius 2 is 2.05 bits per heavy atom. The zero-order valence-corrected chi connectivity index (χ0v) is 11.7. The zero-order chi connectivity index (χ0) is 14.0. The molecule has 0 bridgehead atoms. The van der Waals surface area contributed by atoms with Crippen molar-refractivity contribution in [2.75, 3.05) is 0 Å². The lowest BCUT2D eigenvalue weighted by molar-refractivity contribution is 0.617. The quantitative estimate of drug-likeness (QED) is 0.917. The van der Waals surface area contributed by atoms with Crippen molar-refractivity contribution in [1.82, 2.24) is 9.78 Å². The minimum atomic E-state index is -0.210. The predicted octanol–water partition coefficient (Wildman–Crippen LogP) is 2.29. The van der Waals surface area contributed by atoms with Gasteiger partial charge in [-0.25, -0.2) is 4.39 Å². The van der Waals surface area contributed by atoms with E-state index in [0.29, 0.717) is 6.42 Å². The molecule has 0 saturated heterocycles. The molecule has 102 valence electrons. The number of nitrogens with zero attached hydrogens (tertiary/aromatic N) is 2. The maximum atomic E-state index is 13.1. The largest absolute Gasteiger partial charge is 0.327 e. The molecule has 0 aliphatic heterocycles. The zero-order valence-electron chi connectivity index (χ0n) is 11.7. The summed E-state index contributed by atoms with van der Waals surface area (Å²) in [7, 11) is 1.93. The Hall–Kier alpha value is -1.68. The Kier molecular flexibility index (Phi) is 4.00. The SMILES string of the molecule is Cc1nn(C)c(C)c1CC(N)Cc1cccc(F)c1. The maximum absolute atomic E-state index is 13.1. The van der Waals surface area contributed by atoms with Crippen molar-refractivity contribution < 1.29 is 4.39 Å². The molecule has 1 aromatic heterocycles. The van der Waals surface area contributed by atoms with E-state index in [2.05, 4.69) is 5.10 Å². The van der Waals surface area contributed by atoms with Crippen molar-refractivity contribution in [1.29, 1.82) is 0 Å². The lowest BCUT2D eigenvalue weighted by Crippen LogP contribution is -2.26. The van der Waals surface area contributed by atoms with Crippen LogP contribution in [0.2, 0.25) is 0 Å². The highest BCUT2D eigenvalue weighted by atomic mass is 19.1. The molecule has 2 aromatic rings. The molecule has 0 saturated carbocycles. The average molecular weight is 261 g/mol. The summed E-state index contributed by atoms with van der Waals surface area (Å²) in [4.78, 5) is 0. The second-order valence-corrected chi connectivity index (χ2v) is 5.07. The van der Waals surface area contributed by atoms with E-state index in [0.717, 1.165) is 23.4 Å². The van der Waals surface area contributed by atoms with E-state index in [9.17, 15) is 4.39 Å². The highest BCUT2D eigenvalue weighted by molar-refractivity contribution is 5.26. The predicted molar refractivity (Wildman–Crippen MR) is 74.5 cm³/mol. The normalized spacial score (nSPS) is 12.7. The van der Waals surface area contributed by atoms with Crippen LogP contribution in [0, 0.1) is 19.7 Å². The lowest BCUT2D eigenvalue weighted by Gasteiger charge is -2.12. The van der Waals surface area contributed by atoms with Crippen LogP contribution >= 0.6 is 0 Å². The van der Waals surface area contributed by atoms with Gasteiger partial charge < -0.3 is 5.73 Å². The summed E-state index contributed by atoms with van der Waals surface area (Å²) in [6, 6.07) is 6.60. The van der Waals surface area contributed by atoms with Gasteiger partial charge in [0.2, 0.25) is 0 Å². The molecule has 1 aromatic carbocycles. The van der Waals surface area contributed by atoms with Gasteiger partial charge in [0, 0.05) is 18.8 Å². The standard InChI is InChI=1S/C15H20FN3/c1-10-15(11(2)19(3)18-10)9-14(17)8-12-5-4-6-13(16)7-12/h4-7,14H,8-9,17H2,1-3H3. The van der Waals surface area contributed by atoms with Crippen molar-refractivity contribution >= 4 is 0 Å². The fourth-order valence-electron chi connectivity index (χ4n) is 2.41. The van der Waals surface area contributed by atoms with E-state index < -0.39 is 0 Å². The highest BCUT2D eigenvalue weighted by Gasteiger charge is 2.13. The third-order valence-electron chi connectivity index (χ3n) is 3.51. The van der Waals surface area contributed by atoms with Crippen LogP contribution in [0.1, 0.15) is 22.5 Å². The first-order valence-corrected chi connectivity index (χ1v) is 6.46. The molecule has 2 rings (SSSR count). The van der Waals surface area contributed by atoms with Crippen molar-refractivity contribution in [3.05, 3.63) is 52.6 Å². The summed E-state index contributed by atoms with van der Waals surface area (Å²) in [5, 5.41) is 4.39. The van der Waals surface area contributed by atoms with Gasteiger partial charge in [-0.05, 0) is 49.9 Å². The summed E-state index contributed by atoms with van der Waals surface area (Å²) >= 11 is 0. The molecule has 2 N–H and O–H groups in total. The van der Waals surface area contributed by atoms with Crippen LogP contribution in [0.3, 0.4) is 0 Å². The van der Waals surface area contributed by atoms with E-state index in [4.69, 9.17) is 5.73 Å². The molecular formula is C15H20FN3. The molecule has 3 nitrogen and oxygen atoms in total. The van der Waals surface area contributed by atoms with Gasteiger partial charge in [-0.1, -0.05) is 12.1 Å². The Balaban J connectivity index is 2.07. The van der Waals surface area contributed by atoms with Gasteiger partial charge in [-0.15, -0.1) is 0 Å². The number of hydrogen-bond donors (Lipinski definition) is 1. The van der Waals surface area contributed by atoms with Gasteiger partial charge in [0.05, 0.1) is 5.69 Å². The molecule has 0 fully saturated rings. The number of aromatic nitrogens is 2. The van der Waals surface area contributed by atoms with Crippen LogP contribution in [0.5, 0.6) is 0 Å². The van der Waals surface area contributed by atoms with E-state index in [1.54, 1.807) is 12.1 Å². The Labute approximate surface area is 113 Å². The number of halogens is 1. The third kappa shape index (κ3) is 3.20. The molecular weight excluding hydrogens is 241 g/mol. The van der Waals surface area contributed by atoms with E-state index in [1.165, 1.54) is 11.6 Å². The summed E-state index contributed by atoms with van der Waals surface area (Å²) in [6.07, 6.45) is 1.44. The number of nitrogens with two attached hydrogens (primary N) is 1. The minimum absolute atomic E-state index is 0.0246. The molecule has 0 spiro atoms. The fraction of sp³-hybridized carbons (Fsp3) is 0.400. The molecule has 0 radical (unpaired) electrons.